The third-order valence-electron chi connectivity index (χ3n) is 18.5. The van der Waals surface area contributed by atoms with Gasteiger partial charge in [0.15, 0.2) is 20.5 Å². The van der Waals surface area contributed by atoms with Gasteiger partial charge in [-0.15, -0.1) is 0 Å². The summed E-state index contributed by atoms with van der Waals surface area (Å²) in [4.78, 5) is 55.3. The van der Waals surface area contributed by atoms with Crippen molar-refractivity contribution in [3.8, 4) is 46.0 Å². The smallest absolute Gasteiger partial charge is 0.457 e. The molecule has 9 rings (SSSR count). The van der Waals surface area contributed by atoms with Gasteiger partial charge in [0.2, 0.25) is 27.2 Å². The van der Waals surface area contributed by atoms with E-state index in [9.17, 15) is 19.2 Å². The van der Waals surface area contributed by atoms with Crippen molar-refractivity contribution in [2.75, 3.05) is 53.6 Å². The van der Waals surface area contributed by atoms with E-state index >= 15 is 18.3 Å². The number of phosphoric ester groups is 4. The zero-order chi connectivity index (χ0) is 92.1. The van der Waals surface area contributed by atoms with Gasteiger partial charge >= 0.3 is 31.3 Å². The van der Waals surface area contributed by atoms with Crippen LogP contribution in [-0.2, 0) is 115 Å². The van der Waals surface area contributed by atoms with Crippen molar-refractivity contribution in [2.45, 2.75) is 337 Å². The van der Waals surface area contributed by atoms with Crippen LogP contribution in [0.25, 0.3) is 0 Å². The number of carbonyl (C=O) groups is 4. The van der Waals surface area contributed by atoms with E-state index in [-0.39, 0.29) is 121 Å². The number of carbonyl (C=O) groups excluding carboxylic acids is 4. The van der Waals surface area contributed by atoms with E-state index in [4.69, 9.17) is 92.2 Å². The summed E-state index contributed by atoms with van der Waals surface area (Å²) in [5.74, 6) is -1.24. The van der Waals surface area contributed by atoms with E-state index in [0.717, 1.165) is 47.0 Å². The predicted molar refractivity (Wildman–Crippen MR) is 483 cm³/mol. The molecule has 0 radical (unpaired) electrons. The highest BCUT2D eigenvalue weighted by Crippen LogP contribution is 2.64. The lowest BCUT2D eigenvalue weighted by Crippen LogP contribution is -2.26. The quantitative estimate of drug-likeness (QED) is 0.0301. The largest absolute Gasteiger partial charge is 0.475 e. The number of hydrogen-bond donors (Lipinski definition) is 0. The second-order valence-corrected chi connectivity index (χ2v) is 49.7. The molecule has 5 aliphatic rings. The second kappa shape index (κ2) is 41.3. The molecule has 4 aliphatic heterocycles. The molecule has 28 nitrogen and oxygen atoms in total. The maximum absolute atomic E-state index is 15.1. The predicted octanol–water partition coefficient (Wildman–Crippen LogP) is 24.7. The van der Waals surface area contributed by atoms with Gasteiger partial charge in [0.25, 0.3) is 0 Å². The van der Waals surface area contributed by atoms with Gasteiger partial charge in [-0.1, -0.05) is 47.0 Å². The van der Waals surface area contributed by atoms with Crippen LogP contribution in [-0.4, -0.2) is 119 Å². The lowest BCUT2D eigenvalue weighted by atomic mass is 9.74. The summed E-state index contributed by atoms with van der Waals surface area (Å²) in [7, 11) is -17.5. The lowest BCUT2D eigenvalue weighted by Gasteiger charge is -2.38. The Bertz CT molecular complexity index is 3920. The highest BCUT2D eigenvalue weighted by molar-refractivity contribution is 8.13. The highest BCUT2D eigenvalue weighted by atomic mass is 32.2. The van der Waals surface area contributed by atoms with Crippen molar-refractivity contribution in [3.63, 3.8) is 0 Å². The summed E-state index contributed by atoms with van der Waals surface area (Å²) >= 11 is 4.09. The van der Waals surface area contributed by atoms with Crippen LogP contribution < -0.4 is 37.9 Å². The number of rotatable bonds is 36. The van der Waals surface area contributed by atoms with Crippen LogP contribution in [0.3, 0.4) is 0 Å². The van der Waals surface area contributed by atoms with Gasteiger partial charge in [-0.05, 0) is 242 Å². The van der Waals surface area contributed by atoms with Gasteiger partial charge in [-0.2, -0.15) is 0 Å². The molecule has 0 unspecified atom stereocenters. The molecule has 0 saturated heterocycles. The summed E-state index contributed by atoms with van der Waals surface area (Å²) in [6, 6.07) is 8.16. The minimum atomic E-state index is -4.37. The molecule has 0 spiro atoms. The van der Waals surface area contributed by atoms with Crippen molar-refractivity contribution in [1.82, 2.24) is 0 Å². The van der Waals surface area contributed by atoms with Gasteiger partial charge < -0.3 is 37.9 Å². The van der Waals surface area contributed by atoms with Crippen molar-refractivity contribution in [2.24, 2.45) is 0 Å². The Morgan fingerprint density at radius 3 is 0.532 bits per heavy atom. The Labute approximate surface area is 751 Å². The van der Waals surface area contributed by atoms with E-state index in [1.165, 1.54) is 27.7 Å². The molecule has 8 bridgehead atoms. The molecule has 1 aliphatic carbocycles. The summed E-state index contributed by atoms with van der Waals surface area (Å²) in [5.41, 5.74) is -1.68. The van der Waals surface area contributed by atoms with Gasteiger partial charge in [-0.3, -0.25) is 73.5 Å². The molecule has 4 aromatic carbocycles. The van der Waals surface area contributed by atoms with E-state index in [0.29, 0.717) is 113 Å². The molecule has 124 heavy (non-hydrogen) atoms. The van der Waals surface area contributed by atoms with Crippen LogP contribution in [0, 0.1) is 0 Å². The molecule has 696 valence electrons. The van der Waals surface area contributed by atoms with Crippen LogP contribution in [0.2, 0.25) is 0 Å². The summed E-state index contributed by atoms with van der Waals surface area (Å²) in [6.45, 7) is 45.4. The third kappa shape index (κ3) is 29.9. The molecule has 0 aromatic heterocycles. The van der Waals surface area contributed by atoms with Crippen LogP contribution in [0.5, 0.6) is 46.0 Å². The third-order valence-corrected chi connectivity index (χ3v) is 30.0. The standard InChI is InChI=1S/C88H132O28P4S4/c1-53(89)121-45-69-73-61-41-62-58(34-30-38-106-118(94,111-83(11,12)13)112-84(14,15)16)64-43-66-60(36-32-40-108-120(96,115-87(23,24)25)116-88(26,27)28)68-44-67-59(35-31-39-107-119(95,113-85(17,18)19)114-86(20,21)22)65-42-63(57(61)33-29-37-105-117(93,109-81(5,6)7)110-82(8,9)10)75(99-49-97-73)70(46-122-54(2)90)77(65)101-51-103-79(67)72(48-124-56(4)92)80(68)104-52-102-78(66)71(47-123-55(3)91)76(64)100-50-98-74(62)69/h41-44,57-60H,29-40,45-52H2,1-28H3. The molecule has 36 heteroatoms. The average molecular weight is 1890 g/mol. The van der Waals surface area contributed by atoms with Crippen molar-refractivity contribution in [1.29, 1.82) is 0 Å². The normalized spacial score (nSPS) is 17.6. The summed E-state index contributed by atoms with van der Waals surface area (Å²) < 4.78 is 193. The first kappa shape index (κ1) is 104. The number of thioether (sulfide) groups is 4. The summed E-state index contributed by atoms with van der Waals surface area (Å²) in [6.07, 6.45) is 1.18. The number of hydrogen-bond acceptors (Lipinski definition) is 32. The first-order chi connectivity index (χ1) is 57.1. The second-order valence-electron chi connectivity index (χ2n) is 39.0. The Hall–Kier alpha value is -4.20. The highest BCUT2D eigenvalue weighted by Gasteiger charge is 2.47. The monoisotopic (exact) mass is 1890 g/mol. The van der Waals surface area contributed by atoms with Gasteiger partial charge in [0, 0.05) is 141 Å². The fourth-order valence-electron chi connectivity index (χ4n) is 15.0. The van der Waals surface area contributed by atoms with Crippen LogP contribution >= 0.6 is 78.3 Å². The number of ether oxygens (including phenoxy) is 8. The van der Waals surface area contributed by atoms with Gasteiger partial charge in [-0.25, -0.2) is 18.3 Å². The van der Waals surface area contributed by atoms with Crippen molar-refractivity contribution >= 4 is 98.8 Å². The first-order valence-corrected chi connectivity index (χ1v) is 51.9. The Morgan fingerprint density at radius 1 is 0.274 bits per heavy atom. The van der Waals surface area contributed by atoms with Crippen LogP contribution in [0.1, 0.15) is 336 Å². The van der Waals surface area contributed by atoms with Crippen LogP contribution in [0.4, 0.5) is 0 Å². The zero-order valence-electron chi connectivity index (χ0n) is 77.6. The summed E-state index contributed by atoms with van der Waals surface area (Å²) in [5, 5.41) is -0.935. The van der Waals surface area contributed by atoms with Crippen LogP contribution in [0.15, 0.2) is 24.3 Å². The molecule has 0 atom stereocenters. The minimum absolute atomic E-state index is 0.0278. The topological polar surface area (TPSA) is 321 Å². The molecule has 0 amide bonds. The van der Waals surface area contributed by atoms with E-state index < -0.39 is 127 Å². The Morgan fingerprint density at radius 2 is 0.411 bits per heavy atom. The SMILES string of the molecule is CC(=O)SCc1c2c3cc4c1OCOc1c(cc5c(c1CSC(C)=O)OCOc1c(cc6c(c1CSC(C)=O)OCOc1c(cc(c(c1CSC(C)=O)OCO2)C3CCCOP(=O)(OC(C)(C)C)OC(C)(C)C)C6CCCOP(=O)(OC(C)(C)C)OC(C)(C)C)C5CCCOP(=O)(OC(C)(C)C)OC(C)(C)C)C4CCCOP(=O)(OC(C)(C)C)OC(C)(C)C. The zero-order valence-corrected chi connectivity index (χ0v) is 84.5. The Balaban J connectivity index is 1.50. The van der Waals surface area contributed by atoms with Crippen molar-refractivity contribution in [3.05, 3.63) is 91.0 Å². The number of benzene rings is 4. The molecular formula is C88H132O28P4S4. The van der Waals surface area contributed by atoms with E-state index in [2.05, 4.69) is 0 Å². The van der Waals surface area contributed by atoms with E-state index in [1.807, 2.05) is 24.3 Å². The molecular weight excluding hydrogens is 1760 g/mol. The van der Waals surface area contributed by atoms with Gasteiger partial charge in [0.1, 0.15) is 46.0 Å². The van der Waals surface area contributed by atoms with Gasteiger partial charge in [0.05, 0.1) is 71.2 Å². The van der Waals surface area contributed by atoms with E-state index in [1.54, 1.807) is 166 Å². The fourth-order valence-corrected chi connectivity index (χ4v) is 24.8. The fraction of sp³-hybridized carbons (Fsp3) is 0.682. The molecule has 0 fully saturated rings. The molecule has 4 heterocycles. The Kier molecular flexibility index (Phi) is 34.5. The number of phosphoric acid groups is 4. The lowest BCUT2D eigenvalue weighted by molar-refractivity contribution is -0.109. The molecule has 4 aromatic rings. The molecule has 0 N–H and O–H groups in total. The molecule has 0 saturated carbocycles. The van der Waals surface area contributed by atoms with Crippen molar-refractivity contribution < 1.29 is 130 Å². The first-order valence-electron chi connectivity index (χ1n) is 42.1. The minimum Gasteiger partial charge on any atom is -0.457 e. The maximum atomic E-state index is 15.1. The average Bonchev–Trinajstić information content (AvgIpc) is 0.718. The maximum Gasteiger partial charge on any atom is 0.475 e.